The van der Waals surface area contributed by atoms with Gasteiger partial charge < -0.3 is 25.2 Å². The number of piperazine rings is 1. The number of rotatable bonds is 10. The van der Waals surface area contributed by atoms with E-state index in [0.29, 0.717) is 80.1 Å². The highest BCUT2D eigenvalue weighted by Crippen LogP contribution is 2.43. The van der Waals surface area contributed by atoms with Crippen LogP contribution in [0.2, 0.25) is 0 Å². The summed E-state index contributed by atoms with van der Waals surface area (Å²) in [6.07, 6.45) is 10.4. The van der Waals surface area contributed by atoms with E-state index in [1.165, 1.54) is 25.3 Å². The van der Waals surface area contributed by atoms with Crippen molar-refractivity contribution in [3.8, 4) is 0 Å². The molecular weight excluding hydrogens is 639 g/mol. The maximum atomic E-state index is 15.0. The van der Waals surface area contributed by atoms with Crippen LogP contribution in [0, 0.1) is 11.7 Å². The molecule has 0 atom stereocenters. The summed E-state index contributed by atoms with van der Waals surface area (Å²) in [5.74, 6) is -0.401. The van der Waals surface area contributed by atoms with Crippen molar-refractivity contribution in [2.24, 2.45) is 5.92 Å². The van der Waals surface area contributed by atoms with Crippen molar-refractivity contribution in [2.75, 3.05) is 45.9 Å². The topological polar surface area (TPSA) is 137 Å². The standard InChI is InChI=1S/C38H47FN6O5/c39-31-11-10-27(21-32-28-8-4-5-9-29(28)35(48)43-42-32)20-30(31)36(49)45-18-16-44(17-19-45)34(47)23-41-37-12-14-38(15-13-37,50-25-37)24-40-33(46)22-26-6-2-1-3-7-26/h4-5,8-11,20,26,41H,1-3,6-7,12-19,21-25H2,(H,40,46)(H,43,48). The van der Waals surface area contributed by atoms with E-state index >= 15 is 0 Å². The van der Waals surface area contributed by atoms with E-state index in [-0.39, 0.29) is 40.6 Å². The normalized spacial score (nSPS) is 24.0. The van der Waals surface area contributed by atoms with E-state index < -0.39 is 11.7 Å². The SMILES string of the molecule is O=C(CC1CCCCC1)NCC12CCC(NCC(=O)N3CCN(C(=O)c4cc(Cc5n[nH]c(=O)c6ccccc56)ccc4F)CC3)(CC1)CO2. The number of H-pyrrole nitrogens is 1. The summed E-state index contributed by atoms with van der Waals surface area (Å²) >= 11 is 0. The van der Waals surface area contributed by atoms with Crippen LogP contribution in [0.1, 0.15) is 85.8 Å². The lowest BCUT2D eigenvalue weighted by Gasteiger charge is -2.53. The van der Waals surface area contributed by atoms with E-state index in [9.17, 15) is 23.6 Å². The van der Waals surface area contributed by atoms with Crippen LogP contribution in [0.4, 0.5) is 4.39 Å². The summed E-state index contributed by atoms with van der Waals surface area (Å²) < 4.78 is 21.3. The fraction of sp³-hybridized carbons (Fsp3) is 0.553. The molecule has 3 aliphatic heterocycles. The number of fused-ring (bicyclic) bond motifs is 4. The van der Waals surface area contributed by atoms with Gasteiger partial charge in [0.2, 0.25) is 11.8 Å². The number of aromatic nitrogens is 2. The summed E-state index contributed by atoms with van der Waals surface area (Å²) in [7, 11) is 0. The molecule has 0 unspecified atom stereocenters. The first-order valence-corrected chi connectivity index (χ1v) is 18.2. The van der Waals surface area contributed by atoms with Gasteiger partial charge in [-0.25, -0.2) is 9.49 Å². The molecule has 1 aromatic heterocycles. The Bertz CT molecular complexity index is 1770. The molecule has 2 aromatic carbocycles. The molecule has 0 radical (unpaired) electrons. The Balaban J connectivity index is 0.871. The Labute approximate surface area is 291 Å². The van der Waals surface area contributed by atoms with Gasteiger partial charge in [0.1, 0.15) is 5.82 Å². The average Bonchev–Trinajstić information content (AvgIpc) is 3.16. The Morgan fingerprint density at radius 2 is 1.66 bits per heavy atom. The number of carbonyl (C=O) groups is 3. The first-order valence-electron chi connectivity index (χ1n) is 18.2. The number of halogens is 1. The second-order valence-electron chi connectivity index (χ2n) is 14.8. The zero-order valence-electron chi connectivity index (χ0n) is 28.6. The van der Waals surface area contributed by atoms with Crippen LogP contribution in [0.25, 0.3) is 10.8 Å². The van der Waals surface area contributed by atoms with Crippen molar-refractivity contribution >= 4 is 28.5 Å². The number of nitrogens with one attached hydrogen (secondary N) is 3. The molecule has 3 N–H and O–H groups in total. The molecule has 11 nitrogen and oxygen atoms in total. The largest absolute Gasteiger partial charge is 0.371 e. The predicted octanol–water partition coefficient (Wildman–Crippen LogP) is 3.70. The molecule has 5 fully saturated rings. The number of aromatic amines is 1. The number of benzene rings is 2. The van der Waals surface area contributed by atoms with Crippen LogP contribution in [-0.2, 0) is 20.7 Å². The average molecular weight is 687 g/mol. The maximum absolute atomic E-state index is 15.0. The lowest BCUT2D eigenvalue weighted by atomic mass is 9.71. The minimum atomic E-state index is -0.604. The third-order valence-electron chi connectivity index (χ3n) is 11.5. The van der Waals surface area contributed by atoms with Gasteiger partial charge in [0.25, 0.3) is 11.5 Å². The van der Waals surface area contributed by atoms with Crippen molar-refractivity contribution < 1.29 is 23.5 Å². The summed E-state index contributed by atoms with van der Waals surface area (Å²) in [5, 5.41) is 14.6. The number of ether oxygens (including phenoxy) is 1. The zero-order chi connectivity index (χ0) is 34.7. The molecule has 12 heteroatoms. The predicted molar refractivity (Wildman–Crippen MR) is 186 cm³/mol. The number of nitrogens with zero attached hydrogens (tertiary/aromatic N) is 3. The molecule has 8 rings (SSSR count). The van der Waals surface area contributed by atoms with Crippen molar-refractivity contribution in [2.45, 2.75) is 81.8 Å². The molecule has 4 heterocycles. The molecule has 50 heavy (non-hydrogen) atoms. The molecule has 2 bridgehead atoms. The molecule has 2 saturated carbocycles. The summed E-state index contributed by atoms with van der Waals surface area (Å²) in [4.78, 5) is 54.8. The van der Waals surface area contributed by atoms with Gasteiger partial charge in [0.05, 0.1) is 35.4 Å². The third-order valence-corrected chi connectivity index (χ3v) is 11.5. The quantitative estimate of drug-likeness (QED) is 0.296. The highest BCUT2D eigenvalue weighted by molar-refractivity contribution is 5.95. The van der Waals surface area contributed by atoms with E-state index in [2.05, 4.69) is 20.8 Å². The van der Waals surface area contributed by atoms with E-state index in [0.717, 1.165) is 38.5 Å². The van der Waals surface area contributed by atoms with Crippen LogP contribution in [0.5, 0.6) is 0 Å². The van der Waals surface area contributed by atoms with Gasteiger partial charge in [0.15, 0.2) is 0 Å². The minimum absolute atomic E-state index is 0.0220. The second kappa shape index (κ2) is 14.6. The Morgan fingerprint density at radius 3 is 2.38 bits per heavy atom. The van der Waals surface area contributed by atoms with Gasteiger partial charge in [0, 0.05) is 56.5 Å². The van der Waals surface area contributed by atoms with Gasteiger partial charge in [-0.2, -0.15) is 5.10 Å². The second-order valence-corrected chi connectivity index (χ2v) is 14.8. The maximum Gasteiger partial charge on any atom is 0.272 e. The molecule has 266 valence electrons. The highest BCUT2D eigenvalue weighted by Gasteiger charge is 2.50. The minimum Gasteiger partial charge on any atom is -0.371 e. The first kappa shape index (κ1) is 34.3. The van der Waals surface area contributed by atoms with Gasteiger partial charge >= 0.3 is 0 Å². The number of hydrogen-bond acceptors (Lipinski definition) is 7. The van der Waals surface area contributed by atoms with E-state index in [1.807, 2.05) is 12.1 Å². The fourth-order valence-corrected chi connectivity index (χ4v) is 8.26. The Morgan fingerprint density at radius 1 is 0.940 bits per heavy atom. The Hall–Kier alpha value is -4.16. The van der Waals surface area contributed by atoms with Gasteiger partial charge in [-0.05, 0) is 68.2 Å². The molecule has 0 spiro atoms. The van der Waals surface area contributed by atoms with Crippen molar-refractivity contribution in [3.63, 3.8) is 0 Å². The zero-order valence-corrected chi connectivity index (χ0v) is 28.6. The number of amides is 3. The number of carbonyl (C=O) groups excluding carboxylic acids is 3. The van der Waals surface area contributed by atoms with Crippen LogP contribution in [-0.4, -0.2) is 94.7 Å². The lowest BCUT2D eigenvalue weighted by Crippen LogP contribution is -2.65. The van der Waals surface area contributed by atoms with Crippen molar-refractivity contribution in [3.05, 3.63) is 75.5 Å². The molecule has 2 aliphatic carbocycles. The van der Waals surface area contributed by atoms with Gasteiger partial charge in [-0.3, -0.25) is 19.2 Å². The van der Waals surface area contributed by atoms with E-state index in [1.54, 1.807) is 34.1 Å². The van der Waals surface area contributed by atoms with Gasteiger partial charge in [-0.15, -0.1) is 0 Å². The molecular formula is C38H47FN6O5. The monoisotopic (exact) mass is 686 g/mol. The van der Waals surface area contributed by atoms with Gasteiger partial charge in [-0.1, -0.05) is 43.5 Å². The van der Waals surface area contributed by atoms with Crippen molar-refractivity contribution in [1.82, 2.24) is 30.6 Å². The van der Waals surface area contributed by atoms with E-state index in [4.69, 9.17) is 4.74 Å². The smallest absolute Gasteiger partial charge is 0.272 e. The summed E-state index contributed by atoms with van der Waals surface area (Å²) in [6, 6.07) is 11.6. The third kappa shape index (κ3) is 7.46. The Kier molecular flexibility index (Phi) is 10.0. The van der Waals surface area contributed by atoms with Crippen LogP contribution < -0.4 is 16.2 Å². The van der Waals surface area contributed by atoms with Crippen LogP contribution in [0.15, 0.2) is 47.3 Å². The summed E-state index contributed by atoms with van der Waals surface area (Å²) in [5.41, 5.74) is 0.464. The molecule has 3 aromatic rings. The summed E-state index contributed by atoms with van der Waals surface area (Å²) in [6.45, 7) is 2.61. The fourth-order valence-electron chi connectivity index (χ4n) is 8.26. The molecule has 3 saturated heterocycles. The molecule has 3 amide bonds. The first-order chi connectivity index (χ1) is 24.2. The number of hydrogen-bond donors (Lipinski definition) is 3. The van der Waals surface area contributed by atoms with Crippen LogP contribution >= 0.6 is 0 Å². The highest BCUT2D eigenvalue weighted by atomic mass is 19.1. The molecule has 5 aliphatic rings. The van der Waals surface area contributed by atoms with Crippen molar-refractivity contribution in [1.29, 1.82) is 0 Å². The van der Waals surface area contributed by atoms with Crippen LogP contribution in [0.3, 0.4) is 0 Å². The lowest BCUT2D eigenvalue weighted by molar-refractivity contribution is -0.163.